The second-order valence-electron chi connectivity index (χ2n) is 4.52. The van der Waals surface area contributed by atoms with Crippen LogP contribution in [0.25, 0.3) is 0 Å². The molecule has 1 rings (SSSR count). The lowest BCUT2D eigenvalue weighted by molar-refractivity contribution is 0.262. The highest BCUT2D eigenvalue weighted by molar-refractivity contribution is 4.96. The van der Waals surface area contributed by atoms with Gasteiger partial charge in [-0.05, 0) is 32.6 Å². The molecule has 1 saturated carbocycles. The molecule has 0 atom stereocenters. The van der Waals surface area contributed by atoms with Crippen LogP contribution in [-0.2, 0) is 0 Å². The Labute approximate surface area is 75.8 Å². The minimum Gasteiger partial charge on any atom is -0.198 e. The van der Waals surface area contributed by atoms with Crippen molar-refractivity contribution in [2.45, 2.75) is 52.4 Å². The van der Waals surface area contributed by atoms with Crippen molar-refractivity contribution < 1.29 is 0 Å². The standard InChI is InChI=1S/C11H19N/c1-11(2,9-12)10-7-5-3-4-6-8-10/h10H,3-8H2,1-2H3. The summed E-state index contributed by atoms with van der Waals surface area (Å²) in [4.78, 5) is 0. The Morgan fingerprint density at radius 3 is 2.00 bits per heavy atom. The smallest absolute Gasteiger partial charge is 0.0686 e. The largest absolute Gasteiger partial charge is 0.198 e. The SMILES string of the molecule is CC(C)(C#N)C1CCCCCC1. The molecule has 1 fully saturated rings. The fourth-order valence-electron chi connectivity index (χ4n) is 2.09. The van der Waals surface area contributed by atoms with Gasteiger partial charge in [-0.3, -0.25) is 0 Å². The summed E-state index contributed by atoms with van der Waals surface area (Å²) in [5.41, 5.74) is -0.0929. The summed E-state index contributed by atoms with van der Waals surface area (Å²) < 4.78 is 0. The van der Waals surface area contributed by atoms with Gasteiger partial charge in [0.25, 0.3) is 0 Å². The molecule has 0 heterocycles. The van der Waals surface area contributed by atoms with E-state index in [2.05, 4.69) is 19.9 Å². The maximum absolute atomic E-state index is 8.99. The van der Waals surface area contributed by atoms with E-state index in [0.717, 1.165) is 0 Å². The van der Waals surface area contributed by atoms with Crippen molar-refractivity contribution in [1.82, 2.24) is 0 Å². The fraction of sp³-hybridized carbons (Fsp3) is 0.909. The minimum atomic E-state index is -0.0929. The van der Waals surface area contributed by atoms with Gasteiger partial charge in [0.2, 0.25) is 0 Å². The first-order chi connectivity index (χ1) is 5.67. The maximum Gasteiger partial charge on any atom is 0.0686 e. The molecular formula is C11H19N. The van der Waals surface area contributed by atoms with Gasteiger partial charge in [-0.25, -0.2) is 0 Å². The molecule has 0 unspecified atom stereocenters. The van der Waals surface area contributed by atoms with E-state index < -0.39 is 0 Å². The van der Waals surface area contributed by atoms with Gasteiger partial charge in [0.15, 0.2) is 0 Å². The lowest BCUT2D eigenvalue weighted by atomic mass is 9.76. The van der Waals surface area contributed by atoms with E-state index in [1.807, 2.05) is 0 Å². The van der Waals surface area contributed by atoms with Gasteiger partial charge in [0, 0.05) is 0 Å². The molecule has 0 saturated heterocycles. The van der Waals surface area contributed by atoms with E-state index in [-0.39, 0.29) is 5.41 Å². The number of hydrogen-bond acceptors (Lipinski definition) is 1. The molecule has 1 nitrogen and oxygen atoms in total. The molecule has 0 bridgehead atoms. The van der Waals surface area contributed by atoms with Crippen molar-refractivity contribution in [2.24, 2.45) is 11.3 Å². The van der Waals surface area contributed by atoms with Crippen LogP contribution in [0.15, 0.2) is 0 Å². The summed E-state index contributed by atoms with van der Waals surface area (Å²) >= 11 is 0. The molecule has 0 N–H and O–H groups in total. The van der Waals surface area contributed by atoms with Crippen LogP contribution in [0.3, 0.4) is 0 Å². The zero-order valence-corrected chi connectivity index (χ0v) is 8.27. The van der Waals surface area contributed by atoms with Crippen LogP contribution >= 0.6 is 0 Å². The zero-order chi connectivity index (χ0) is 9.03. The van der Waals surface area contributed by atoms with E-state index in [4.69, 9.17) is 5.26 Å². The van der Waals surface area contributed by atoms with Gasteiger partial charge in [0.05, 0.1) is 11.5 Å². The molecule has 0 radical (unpaired) electrons. The van der Waals surface area contributed by atoms with Gasteiger partial charge in [-0.2, -0.15) is 5.26 Å². The molecule has 0 amide bonds. The molecule has 0 spiro atoms. The molecule has 12 heavy (non-hydrogen) atoms. The number of rotatable bonds is 1. The second-order valence-corrected chi connectivity index (χ2v) is 4.52. The number of hydrogen-bond donors (Lipinski definition) is 0. The monoisotopic (exact) mass is 165 g/mol. The van der Waals surface area contributed by atoms with Crippen molar-refractivity contribution >= 4 is 0 Å². The normalized spacial score (nSPS) is 21.4. The maximum atomic E-state index is 8.99. The first kappa shape index (κ1) is 9.58. The first-order valence-electron chi connectivity index (χ1n) is 5.08. The predicted octanol–water partition coefficient (Wildman–Crippen LogP) is 3.51. The fourth-order valence-corrected chi connectivity index (χ4v) is 2.09. The Morgan fingerprint density at radius 2 is 1.58 bits per heavy atom. The van der Waals surface area contributed by atoms with Crippen molar-refractivity contribution in [1.29, 1.82) is 5.26 Å². The highest BCUT2D eigenvalue weighted by Gasteiger charge is 2.29. The topological polar surface area (TPSA) is 23.8 Å². The highest BCUT2D eigenvalue weighted by atomic mass is 14.4. The number of nitriles is 1. The Balaban J connectivity index is 2.55. The van der Waals surface area contributed by atoms with Gasteiger partial charge in [-0.1, -0.05) is 25.7 Å². The van der Waals surface area contributed by atoms with E-state index in [1.165, 1.54) is 38.5 Å². The molecule has 1 aliphatic rings. The molecule has 0 aromatic rings. The second kappa shape index (κ2) is 3.94. The molecule has 1 heteroatoms. The van der Waals surface area contributed by atoms with Crippen molar-refractivity contribution in [2.75, 3.05) is 0 Å². The summed E-state index contributed by atoms with van der Waals surface area (Å²) in [7, 11) is 0. The van der Waals surface area contributed by atoms with Gasteiger partial charge in [-0.15, -0.1) is 0 Å². The molecule has 1 aliphatic carbocycles. The molecule has 0 aromatic heterocycles. The van der Waals surface area contributed by atoms with Crippen LogP contribution in [0.4, 0.5) is 0 Å². The van der Waals surface area contributed by atoms with Gasteiger partial charge >= 0.3 is 0 Å². The van der Waals surface area contributed by atoms with Crippen molar-refractivity contribution in [3.05, 3.63) is 0 Å². The summed E-state index contributed by atoms with van der Waals surface area (Å²) in [5, 5.41) is 8.99. The molecule has 68 valence electrons. The quantitative estimate of drug-likeness (QED) is 0.545. The first-order valence-corrected chi connectivity index (χ1v) is 5.08. The van der Waals surface area contributed by atoms with Crippen LogP contribution in [0, 0.1) is 22.7 Å². The van der Waals surface area contributed by atoms with Crippen LogP contribution in [0.5, 0.6) is 0 Å². The van der Waals surface area contributed by atoms with Crippen molar-refractivity contribution in [3.63, 3.8) is 0 Å². The number of nitrogens with zero attached hydrogens (tertiary/aromatic N) is 1. The molecular weight excluding hydrogens is 146 g/mol. The van der Waals surface area contributed by atoms with E-state index in [9.17, 15) is 0 Å². The predicted molar refractivity (Wildman–Crippen MR) is 50.6 cm³/mol. The van der Waals surface area contributed by atoms with E-state index in [0.29, 0.717) is 5.92 Å². The van der Waals surface area contributed by atoms with Crippen molar-refractivity contribution in [3.8, 4) is 6.07 Å². The zero-order valence-electron chi connectivity index (χ0n) is 8.27. The van der Waals surface area contributed by atoms with Gasteiger partial charge in [0.1, 0.15) is 0 Å². The van der Waals surface area contributed by atoms with E-state index in [1.54, 1.807) is 0 Å². The van der Waals surface area contributed by atoms with Crippen LogP contribution < -0.4 is 0 Å². The average molecular weight is 165 g/mol. The average Bonchev–Trinajstić information content (AvgIpc) is 2.32. The van der Waals surface area contributed by atoms with Crippen LogP contribution in [0.2, 0.25) is 0 Å². The van der Waals surface area contributed by atoms with E-state index >= 15 is 0 Å². The third-order valence-corrected chi connectivity index (χ3v) is 3.16. The lowest BCUT2D eigenvalue weighted by Gasteiger charge is -2.26. The van der Waals surface area contributed by atoms with Crippen LogP contribution in [0.1, 0.15) is 52.4 Å². The summed E-state index contributed by atoms with van der Waals surface area (Å²) in [5.74, 6) is 0.644. The lowest BCUT2D eigenvalue weighted by Crippen LogP contribution is -2.21. The summed E-state index contributed by atoms with van der Waals surface area (Å²) in [6.07, 6.45) is 7.93. The third kappa shape index (κ3) is 2.24. The van der Waals surface area contributed by atoms with Crippen LogP contribution in [-0.4, -0.2) is 0 Å². The van der Waals surface area contributed by atoms with Gasteiger partial charge < -0.3 is 0 Å². The minimum absolute atomic E-state index is 0.0929. The Kier molecular flexibility index (Phi) is 3.14. The summed E-state index contributed by atoms with van der Waals surface area (Å²) in [6, 6.07) is 2.44. The molecule has 0 aliphatic heterocycles. The highest BCUT2D eigenvalue weighted by Crippen LogP contribution is 2.36. The third-order valence-electron chi connectivity index (χ3n) is 3.16. The molecule has 0 aromatic carbocycles. The summed E-state index contributed by atoms with van der Waals surface area (Å²) in [6.45, 7) is 4.17. The Bertz CT molecular complexity index is 168. The Morgan fingerprint density at radius 1 is 1.08 bits per heavy atom. The Hall–Kier alpha value is -0.510.